The smallest absolute Gasteiger partial charge is 0.0920 e. The first-order chi connectivity index (χ1) is 19.6. The van der Waals surface area contributed by atoms with Crippen LogP contribution in [-0.2, 0) is 5.41 Å². The monoisotopic (exact) mass is 531 g/mol. The van der Waals surface area contributed by atoms with Crippen LogP contribution in [0.4, 0.5) is 11.4 Å². The predicted octanol–water partition coefficient (Wildman–Crippen LogP) is 9.95. The summed E-state index contributed by atoms with van der Waals surface area (Å²) < 4.78 is 5.24. The SMILES string of the molecule is CC(C)(C)C1=CC2c3cc(C(C)(C)C)cc4c3N3c5c6c(cc7c8ccccc8n-4c57)c4ccccc4n6C(=C1)C23. The first kappa shape index (κ1) is 22.4. The molecular weight excluding hydrogens is 498 g/mol. The zero-order valence-corrected chi connectivity index (χ0v) is 24.5. The van der Waals surface area contributed by atoms with Crippen LogP contribution in [0, 0.1) is 5.41 Å². The number of anilines is 2. The van der Waals surface area contributed by atoms with Crippen molar-refractivity contribution in [1.29, 1.82) is 0 Å². The molecule has 2 unspecified atom stereocenters. The highest BCUT2D eigenvalue weighted by Crippen LogP contribution is 2.64. The lowest BCUT2D eigenvalue weighted by Gasteiger charge is -2.43. The third kappa shape index (κ3) is 2.42. The fourth-order valence-electron chi connectivity index (χ4n) is 8.42. The predicted molar refractivity (Wildman–Crippen MR) is 173 cm³/mol. The molecule has 3 heteroatoms. The first-order valence-corrected chi connectivity index (χ1v) is 15.0. The van der Waals surface area contributed by atoms with Gasteiger partial charge in [0.15, 0.2) is 0 Å². The van der Waals surface area contributed by atoms with Crippen molar-refractivity contribution in [3.63, 3.8) is 0 Å². The van der Waals surface area contributed by atoms with Gasteiger partial charge in [-0.2, -0.15) is 0 Å². The van der Waals surface area contributed by atoms with Crippen LogP contribution in [0.25, 0.3) is 55.0 Å². The molecule has 0 radical (unpaired) electrons. The molecule has 4 aromatic carbocycles. The molecule has 0 spiro atoms. The molecule has 2 aromatic heterocycles. The molecule has 0 saturated carbocycles. The van der Waals surface area contributed by atoms with Gasteiger partial charge >= 0.3 is 0 Å². The van der Waals surface area contributed by atoms with E-state index >= 15 is 0 Å². The fourth-order valence-corrected chi connectivity index (χ4v) is 8.42. The van der Waals surface area contributed by atoms with Crippen molar-refractivity contribution in [2.45, 2.75) is 58.9 Å². The van der Waals surface area contributed by atoms with Crippen molar-refractivity contribution < 1.29 is 0 Å². The Morgan fingerprint density at radius 1 is 0.634 bits per heavy atom. The molecule has 4 aliphatic rings. The Morgan fingerprint density at radius 2 is 1.27 bits per heavy atom. The summed E-state index contributed by atoms with van der Waals surface area (Å²) in [4.78, 5) is 2.76. The number of rotatable bonds is 0. The van der Waals surface area contributed by atoms with E-state index in [1.54, 1.807) is 0 Å². The maximum absolute atomic E-state index is 2.76. The minimum atomic E-state index is 0.0479. The molecule has 200 valence electrons. The quantitative estimate of drug-likeness (QED) is 0.190. The topological polar surface area (TPSA) is 13.1 Å². The van der Waals surface area contributed by atoms with E-state index < -0.39 is 0 Å². The lowest BCUT2D eigenvalue weighted by molar-refractivity contribution is 0.506. The summed E-state index contributed by atoms with van der Waals surface area (Å²) in [7, 11) is 0. The zero-order valence-electron chi connectivity index (χ0n) is 24.5. The van der Waals surface area contributed by atoms with Crippen molar-refractivity contribution in [1.82, 2.24) is 9.13 Å². The number of fused-ring (bicyclic) bond motifs is 9. The lowest BCUT2D eigenvalue weighted by atomic mass is 9.76. The van der Waals surface area contributed by atoms with Gasteiger partial charge in [-0.05, 0) is 57.9 Å². The Labute approximate surface area is 240 Å². The summed E-state index contributed by atoms with van der Waals surface area (Å²) in [6.45, 7) is 14.1. The Hall–Kier alpha value is -4.24. The van der Waals surface area contributed by atoms with Gasteiger partial charge in [0.2, 0.25) is 0 Å². The van der Waals surface area contributed by atoms with Crippen molar-refractivity contribution >= 4 is 60.7 Å². The number of nitrogens with zero attached hydrogens (tertiary/aromatic N) is 3. The van der Waals surface area contributed by atoms with E-state index in [2.05, 4.69) is 134 Å². The van der Waals surface area contributed by atoms with Gasteiger partial charge in [-0.1, -0.05) is 90.1 Å². The second kappa shape index (κ2) is 6.62. The minimum absolute atomic E-state index is 0.0479. The van der Waals surface area contributed by atoms with Crippen molar-refractivity contribution in [3.8, 4) is 5.69 Å². The van der Waals surface area contributed by atoms with Gasteiger partial charge in [0.1, 0.15) is 0 Å². The normalized spacial score (nSPS) is 20.2. The molecule has 0 bridgehead atoms. The second-order valence-corrected chi connectivity index (χ2v) is 14.7. The van der Waals surface area contributed by atoms with E-state index in [1.165, 1.54) is 83.1 Å². The van der Waals surface area contributed by atoms with Crippen LogP contribution in [0.2, 0.25) is 0 Å². The van der Waals surface area contributed by atoms with Gasteiger partial charge in [-0.15, -0.1) is 0 Å². The van der Waals surface area contributed by atoms with Gasteiger partial charge in [-0.25, -0.2) is 0 Å². The molecule has 10 rings (SSSR count). The van der Waals surface area contributed by atoms with Crippen LogP contribution in [-0.4, -0.2) is 15.2 Å². The highest BCUT2D eigenvalue weighted by molar-refractivity contribution is 6.29. The Balaban J connectivity index is 1.52. The van der Waals surface area contributed by atoms with Crippen LogP contribution < -0.4 is 4.90 Å². The summed E-state index contributed by atoms with van der Waals surface area (Å²) in [5.74, 6) is 0.302. The van der Waals surface area contributed by atoms with Crippen LogP contribution in [0.15, 0.2) is 84.5 Å². The van der Waals surface area contributed by atoms with E-state index in [1.807, 2.05) is 0 Å². The van der Waals surface area contributed by atoms with Crippen LogP contribution in [0.5, 0.6) is 0 Å². The number of allylic oxidation sites excluding steroid dienone is 2. The van der Waals surface area contributed by atoms with E-state index in [-0.39, 0.29) is 16.9 Å². The van der Waals surface area contributed by atoms with Crippen molar-refractivity contribution in [2.75, 3.05) is 4.90 Å². The molecule has 3 aliphatic heterocycles. The summed E-state index contributed by atoms with van der Waals surface area (Å²) >= 11 is 0. The molecule has 3 nitrogen and oxygen atoms in total. The van der Waals surface area contributed by atoms with Crippen LogP contribution in [0.1, 0.15) is 58.6 Å². The average Bonchev–Trinajstić information content (AvgIpc) is 3.58. The first-order valence-electron chi connectivity index (χ1n) is 15.0. The maximum Gasteiger partial charge on any atom is 0.0920 e. The molecule has 1 aliphatic carbocycles. The number of benzene rings is 4. The minimum Gasteiger partial charge on any atom is -0.326 e. The van der Waals surface area contributed by atoms with E-state index in [0.717, 1.165) is 0 Å². The fraction of sp³-hybridized carbons (Fsp3) is 0.263. The molecule has 2 atom stereocenters. The van der Waals surface area contributed by atoms with Gasteiger partial charge in [0, 0.05) is 33.2 Å². The molecule has 0 fully saturated rings. The van der Waals surface area contributed by atoms with Gasteiger partial charge in [0.05, 0.1) is 45.2 Å². The molecule has 5 heterocycles. The van der Waals surface area contributed by atoms with Crippen molar-refractivity contribution in [2.24, 2.45) is 5.41 Å². The molecule has 0 saturated heterocycles. The second-order valence-electron chi connectivity index (χ2n) is 14.7. The van der Waals surface area contributed by atoms with Gasteiger partial charge in [0.25, 0.3) is 0 Å². The summed E-state index contributed by atoms with van der Waals surface area (Å²) in [5.41, 5.74) is 15.3. The maximum atomic E-state index is 2.76. The Morgan fingerprint density at radius 3 is 1.93 bits per heavy atom. The highest BCUT2D eigenvalue weighted by atomic mass is 15.3. The summed E-state index contributed by atoms with van der Waals surface area (Å²) in [6, 6.07) is 25.9. The standard InChI is InChI=1S/C38H33N3/c1-37(2,3)20-15-24-25-16-21(38(4,5)6)18-31-33(25)41-32(24)30(17-20)39-28-13-9-7-11-22(28)26-19-27-23-12-8-10-14-29(23)40(31)35(27)36(41)34(26)39/h7-19,24,32H,1-6H3. The molecule has 0 amide bonds. The Bertz CT molecular complexity index is 2290. The van der Waals surface area contributed by atoms with Gasteiger partial charge < -0.3 is 14.0 Å². The Kier molecular flexibility index (Phi) is 3.63. The van der Waals surface area contributed by atoms with Crippen LogP contribution in [0.3, 0.4) is 0 Å². The molecule has 0 N–H and O–H groups in total. The molecular formula is C38H33N3. The zero-order chi connectivity index (χ0) is 27.7. The third-order valence-corrected chi connectivity index (χ3v) is 10.3. The van der Waals surface area contributed by atoms with Crippen LogP contribution >= 0.6 is 0 Å². The molecule has 41 heavy (non-hydrogen) atoms. The van der Waals surface area contributed by atoms with E-state index in [4.69, 9.17) is 0 Å². The number of para-hydroxylation sites is 2. The number of hydrogen-bond acceptors (Lipinski definition) is 1. The average molecular weight is 532 g/mol. The van der Waals surface area contributed by atoms with Crippen molar-refractivity contribution in [3.05, 3.63) is 95.6 Å². The van der Waals surface area contributed by atoms with Gasteiger partial charge in [-0.3, -0.25) is 0 Å². The highest BCUT2D eigenvalue weighted by Gasteiger charge is 2.51. The summed E-state index contributed by atoms with van der Waals surface area (Å²) in [6.07, 6.45) is 5.14. The number of aromatic nitrogens is 2. The largest absolute Gasteiger partial charge is 0.326 e. The molecule has 6 aromatic rings. The van der Waals surface area contributed by atoms with E-state index in [0.29, 0.717) is 5.92 Å². The summed E-state index contributed by atoms with van der Waals surface area (Å²) in [5, 5.41) is 5.40. The van der Waals surface area contributed by atoms with E-state index in [9.17, 15) is 0 Å². The third-order valence-electron chi connectivity index (χ3n) is 10.3. The number of hydrogen-bond donors (Lipinski definition) is 0. The lowest BCUT2D eigenvalue weighted by Crippen LogP contribution is -2.39.